The molecular formula is C22H36N6O12S2. The number of carboxylic acid groups (broad SMARTS) is 4. The number of aliphatic carboxylic acids is 4. The van der Waals surface area contributed by atoms with Gasteiger partial charge in [0.05, 0.1) is 12.8 Å². The summed E-state index contributed by atoms with van der Waals surface area (Å²) < 4.78 is 0. The van der Waals surface area contributed by atoms with Gasteiger partial charge in [-0.1, -0.05) is 21.6 Å². The molecule has 0 aromatic rings. The summed E-state index contributed by atoms with van der Waals surface area (Å²) in [6.45, 7) is -0.448. The lowest BCUT2D eigenvalue weighted by Gasteiger charge is -2.20. The van der Waals surface area contributed by atoms with Crippen molar-refractivity contribution >= 4 is 69.1 Å². The first-order valence-electron chi connectivity index (χ1n) is 12.4. The second-order valence-electron chi connectivity index (χ2n) is 8.65. The van der Waals surface area contributed by atoms with Crippen molar-refractivity contribution in [3.63, 3.8) is 0 Å². The molecule has 0 bridgehead atoms. The predicted molar refractivity (Wildman–Crippen MR) is 149 cm³/mol. The summed E-state index contributed by atoms with van der Waals surface area (Å²) >= 11 is 0. The van der Waals surface area contributed by atoms with E-state index in [0.717, 1.165) is 21.6 Å². The van der Waals surface area contributed by atoms with E-state index in [1.54, 1.807) is 0 Å². The molecule has 0 aromatic heterocycles. The van der Waals surface area contributed by atoms with Crippen molar-refractivity contribution < 1.29 is 58.8 Å². The number of amides is 4. The molecule has 0 aromatic carbocycles. The molecule has 0 aliphatic carbocycles. The smallest absolute Gasteiger partial charge is 0.320 e. The first-order chi connectivity index (χ1) is 19.6. The molecule has 238 valence electrons. The summed E-state index contributed by atoms with van der Waals surface area (Å²) in [6.07, 6.45) is -1.77. The Kier molecular flexibility index (Phi) is 19.3. The van der Waals surface area contributed by atoms with E-state index in [0.29, 0.717) is 0 Å². The van der Waals surface area contributed by atoms with Crippen molar-refractivity contribution in [3.05, 3.63) is 0 Å². The maximum absolute atomic E-state index is 12.6. The minimum Gasteiger partial charge on any atom is -0.481 e. The average molecular weight is 641 g/mol. The summed E-state index contributed by atoms with van der Waals surface area (Å²) in [6, 6.07) is -4.95. The van der Waals surface area contributed by atoms with E-state index in [4.69, 9.17) is 31.9 Å². The Balaban J connectivity index is 5.23. The fourth-order valence-corrected chi connectivity index (χ4v) is 5.11. The normalized spacial score (nSPS) is 13.5. The molecule has 0 spiro atoms. The Bertz CT molecular complexity index is 910. The van der Waals surface area contributed by atoms with E-state index in [9.17, 15) is 38.4 Å². The molecule has 0 rings (SSSR count). The van der Waals surface area contributed by atoms with Crippen molar-refractivity contribution in [2.45, 2.75) is 62.7 Å². The van der Waals surface area contributed by atoms with Crippen LogP contribution in [0, 0.1) is 0 Å². The Morgan fingerprint density at radius 3 is 1.19 bits per heavy atom. The molecule has 12 N–H and O–H groups in total. The minimum absolute atomic E-state index is 0.0882. The zero-order chi connectivity index (χ0) is 32.2. The SMILES string of the molecule is N[C@@H](CCC(=O)N[C@@H](CSSC[C@H](NC(=O)CC[C@H](N)C(=O)O)C(=O)NCCC(=O)O)C(=O)NCCC(=O)O)C(=O)O. The zero-order valence-corrected chi connectivity index (χ0v) is 24.0. The Labute approximate surface area is 247 Å². The van der Waals surface area contributed by atoms with Crippen LogP contribution in [-0.4, -0.2) is 117 Å². The van der Waals surface area contributed by atoms with Crippen molar-refractivity contribution in [2.75, 3.05) is 24.6 Å². The van der Waals surface area contributed by atoms with Crippen LogP contribution in [0.15, 0.2) is 0 Å². The summed E-state index contributed by atoms with van der Waals surface area (Å²) in [5.74, 6) is -7.92. The summed E-state index contributed by atoms with van der Waals surface area (Å²) in [4.78, 5) is 92.8. The van der Waals surface area contributed by atoms with Crippen LogP contribution < -0.4 is 32.7 Å². The second kappa shape index (κ2) is 21.1. The molecule has 0 fully saturated rings. The number of carbonyl (C=O) groups is 8. The van der Waals surface area contributed by atoms with E-state index >= 15 is 0 Å². The monoisotopic (exact) mass is 640 g/mol. The van der Waals surface area contributed by atoms with Crippen molar-refractivity contribution in [2.24, 2.45) is 11.5 Å². The molecule has 4 atom stereocenters. The highest BCUT2D eigenvalue weighted by Crippen LogP contribution is 2.23. The molecule has 0 aliphatic heterocycles. The molecule has 0 aliphatic rings. The number of nitrogens with two attached hydrogens (primary N) is 2. The lowest BCUT2D eigenvalue weighted by molar-refractivity contribution is -0.140. The van der Waals surface area contributed by atoms with Gasteiger partial charge in [0.15, 0.2) is 0 Å². The van der Waals surface area contributed by atoms with Gasteiger partial charge in [0.2, 0.25) is 23.6 Å². The fourth-order valence-electron chi connectivity index (χ4n) is 2.78. The highest BCUT2D eigenvalue weighted by Gasteiger charge is 2.25. The first-order valence-corrected chi connectivity index (χ1v) is 14.9. The Morgan fingerprint density at radius 1 is 0.571 bits per heavy atom. The van der Waals surface area contributed by atoms with Gasteiger partial charge in [-0.25, -0.2) is 0 Å². The van der Waals surface area contributed by atoms with Gasteiger partial charge in [-0.15, -0.1) is 0 Å². The largest absolute Gasteiger partial charge is 0.481 e. The van der Waals surface area contributed by atoms with Crippen LogP contribution in [0.5, 0.6) is 0 Å². The number of hydrogen-bond donors (Lipinski definition) is 10. The van der Waals surface area contributed by atoms with Crippen molar-refractivity contribution in [1.29, 1.82) is 0 Å². The third kappa shape index (κ3) is 18.7. The maximum atomic E-state index is 12.6. The molecule has 0 saturated carbocycles. The molecule has 0 heterocycles. The summed E-state index contributed by atoms with van der Waals surface area (Å²) in [5, 5.41) is 44.8. The minimum atomic E-state index is -1.31. The van der Waals surface area contributed by atoms with Gasteiger partial charge in [0.1, 0.15) is 24.2 Å². The fraction of sp³-hybridized carbons (Fsp3) is 0.636. The molecule has 18 nitrogen and oxygen atoms in total. The van der Waals surface area contributed by atoms with Crippen LogP contribution in [0.2, 0.25) is 0 Å². The summed E-state index contributed by atoms with van der Waals surface area (Å²) in [5.41, 5.74) is 10.8. The number of carboxylic acids is 4. The molecule has 4 amide bonds. The van der Waals surface area contributed by atoms with Gasteiger partial charge in [-0.2, -0.15) is 0 Å². The van der Waals surface area contributed by atoms with Crippen molar-refractivity contribution in [1.82, 2.24) is 21.3 Å². The highest BCUT2D eigenvalue weighted by atomic mass is 33.1. The van der Waals surface area contributed by atoms with Crippen LogP contribution in [0.3, 0.4) is 0 Å². The second-order valence-corrected chi connectivity index (χ2v) is 11.2. The number of nitrogens with one attached hydrogen (secondary N) is 4. The van der Waals surface area contributed by atoms with Crippen molar-refractivity contribution in [3.8, 4) is 0 Å². The molecular weight excluding hydrogens is 604 g/mol. The van der Waals surface area contributed by atoms with Gasteiger partial charge in [0, 0.05) is 37.4 Å². The predicted octanol–water partition coefficient (Wildman–Crippen LogP) is -3.10. The topological polar surface area (TPSA) is 318 Å². The van der Waals surface area contributed by atoms with E-state index in [-0.39, 0.29) is 63.1 Å². The quantitative estimate of drug-likeness (QED) is 0.0390. The number of hydrogen-bond acceptors (Lipinski definition) is 12. The van der Waals surface area contributed by atoms with E-state index < -0.39 is 71.7 Å². The maximum Gasteiger partial charge on any atom is 0.320 e. The third-order valence-corrected chi connectivity index (χ3v) is 7.55. The zero-order valence-electron chi connectivity index (χ0n) is 22.4. The number of rotatable bonds is 23. The number of carbonyl (C=O) groups excluding carboxylic acids is 4. The van der Waals surface area contributed by atoms with Gasteiger partial charge >= 0.3 is 23.9 Å². The Hall–Kier alpha value is -3.62. The van der Waals surface area contributed by atoms with E-state index in [2.05, 4.69) is 21.3 Å². The summed E-state index contributed by atoms with van der Waals surface area (Å²) in [7, 11) is 2.01. The van der Waals surface area contributed by atoms with E-state index in [1.165, 1.54) is 0 Å². The van der Waals surface area contributed by atoms with Crippen LogP contribution in [0.1, 0.15) is 38.5 Å². The van der Waals surface area contributed by atoms with Gasteiger partial charge in [-0.05, 0) is 12.8 Å². The third-order valence-electron chi connectivity index (χ3n) is 5.13. The van der Waals surface area contributed by atoms with Crippen LogP contribution in [-0.2, 0) is 38.4 Å². The van der Waals surface area contributed by atoms with Gasteiger partial charge < -0.3 is 53.2 Å². The molecule has 0 radical (unpaired) electrons. The average Bonchev–Trinajstić information content (AvgIpc) is 2.90. The van der Waals surface area contributed by atoms with Crippen LogP contribution in [0.4, 0.5) is 0 Å². The van der Waals surface area contributed by atoms with Crippen LogP contribution in [0.25, 0.3) is 0 Å². The Morgan fingerprint density at radius 2 is 0.905 bits per heavy atom. The van der Waals surface area contributed by atoms with Gasteiger partial charge in [0.25, 0.3) is 0 Å². The lowest BCUT2D eigenvalue weighted by Crippen LogP contribution is -2.49. The molecule has 0 unspecified atom stereocenters. The first kappa shape index (κ1) is 38.4. The lowest BCUT2D eigenvalue weighted by atomic mass is 10.1. The molecule has 42 heavy (non-hydrogen) atoms. The highest BCUT2D eigenvalue weighted by molar-refractivity contribution is 8.76. The van der Waals surface area contributed by atoms with Gasteiger partial charge in [-0.3, -0.25) is 38.4 Å². The standard InChI is InChI=1S/C22H36N6O12S2/c23-11(21(37)38)1-3-15(29)27-13(19(35)25-7-5-17(31)32)9-41-42-10-14(20(36)26-8-6-18(33)34)28-16(30)4-2-12(24)22(39)40/h11-14H,1-10,23-24H2,(H,25,35)(H,26,36)(H,27,29)(H,28,30)(H,31,32)(H,33,34)(H,37,38)(H,39,40)/t11-,12-,13-,14-/m0/s1. The van der Waals surface area contributed by atoms with Crippen LogP contribution >= 0.6 is 21.6 Å². The molecule has 20 heteroatoms. The van der Waals surface area contributed by atoms with E-state index in [1.807, 2.05) is 0 Å². The molecule has 0 saturated heterocycles.